The number of benzene rings is 1. The third kappa shape index (κ3) is 2.03. The molecule has 1 aromatic heterocycles. The standard InChI is InChI=1S/C12H11ClN2O2/c1-7-3-5-8(6-4-7)11-14-10(13)9(12(16)17)15(11)2/h3-6H,1-2H3,(H,16,17). The molecule has 1 aromatic carbocycles. The smallest absolute Gasteiger partial charge is 0.355 e. The van der Waals surface area contributed by atoms with Gasteiger partial charge >= 0.3 is 5.97 Å². The Kier molecular flexibility index (Phi) is 2.90. The number of aromatic carboxylic acids is 1. The molecule has 88 valence electrons. The summed E-state index contributed by atoms with van der Waals surface area (Å²) in [5, 5.41) is 9.02. The summed E-state index contributed by atoms with van der Waals surface area (Å²) in [5.41, 5.74) is 1.97. The first kappa shape index (κ1) is 11.7. The van der Waals surface area contributed by atoms with Crippen molar-refractivity contribution in [1.29, 1.82) is 0 Å². The van der Waals surface area contributed by atoms with Crippen molar-refractivity contribution in [3.8, 4) is 11.4 Å². The van der Waals surface area contributed by atoms with E-state index in [0.717, 1.165) is 11.1 Å². The van der Waals surface area contributed by atoms with Gasteiger partial charge in [-0.2, -0.15) is 0 Å². The molecule has 0 aliphatic rings. The highest BCUT2D eigenvalue weighted by molar-refractivity contribution is 6.32. The van der Waals surface area contributed by atoms with Gasteiger partial charge in [0.2, 0.25) is 0 Å². The maximum Gasteiger partial charge on any atom is 0.355 e. The number of rotatable bonds is 2. The summed E-state index contributed by atoms with van der Waals surface area (Å²) in [4.78, 5) is 15.1. The third-order valence-electron chi connectivity index (χ3n) is 2.56. The van der Waals surface area contributed by atoms with Crippen LogP contribution in [0.15, 0.2) is 24.3 Å². The number of carboxylic acids is 1. The van der Waals surface area contributed by atoms with E-state index in [-0.39, 0.29) is 10.8 Å². The maximum absolute atomic E-state index is 11.0. The van der Waals surface area contributed by atoms with Crippen LogP contribution in [-0.4, -0.2) is 20.6 Å². The number of hydrogen-bond donors (Lipinski definition) is 1. The summed E-state index contributed by atoms with van der Waals surface area (Å²) in [6.07, 6.45) is 0. The summed E-state index contributed by atoms with van der Waals surface area (Å²) in [6.45, 7) is 1.98. The molecule has 1 N–H and O–H groups in total. The van der Waals surface area contributed by atoms with Crippen molar-refractivity contribution < 1.29 is 9.90 Å². The highest BCUT2D eigenvalue weighted by Gasteiger charge is 2.19. The van der Waals surface area contributed by atoms with Gasteiger partial charge in [0.1, 0.15) is 5.82 Å². The summed E-state index contributed by atoms with van der Waals surface area (Å²) >= 11 is 5.81. The zero-order valence-electron chi connectivity index (χ0n) is 9.44. The number of hydrogen-bond acceptors (Lipinski definition) is 2. The predicted molar refractivity (Wildman–Crippen MR) is 65.4 cm³/mol. The number of halogens is 1. The first-order chi connectivity index (χ1) is 8.00. The van der Waals surface area contributed by atoms with Crippen molar-refractivity contribution >= 4 is 17.6 Å². The van der Waals surface area contributed by atoms with Crippen LogP contribution in [0.3, 0.4) is 0 Å². The van der Waals surface area contributed by atoms with Crippen molar-refractivity contribution in [3.05, 3.63) is 40.7 Å². The van der Waals surface area contributed by atoms with Crippen molar-refractivity contribution in [2.45, 2.75) is 6.92 Å². The van der Waals surface area contributed by atoms with Crippen LogP contribution in [0.25, 0.3) is 11.4 Å². The molecule has 0 radical (unpaired) electrons. The molecular formula is C12H11ClN2O2. The molecule has 0 atom stereocenters. The van der Waals surface area contributed by atoms with Gasteiger partial charge in [-0.05, 0) is 6.92 Å². The zero-order valence-corrected chi connectivity index (χ0v) is 10.2. The molecule has 4 nitrogen and oxygen atoms in total. The van der Waals surface area contributed by atoms with Crippen LogP contribution in [0.4, 0.5) is 0 Å². The van der Waals surface area contributed by atoms with Gasteiger partial charge in [0, 0.05) is 12.6 Å². The van der Waals surface area contributed by atoms with Crippen molar-refractivity contribution in [1.82, 2.24) is 9.55 Å². The SMILES string of the molecule is Cc1ccc(-c2nc(Cl)c(C(=O)O)n2C)cc1. The molecule has 2 aromatic rings. The molecule has 0 aliphatic carbocycles. The summed E-state index contributed by atoms with van der Waals surface area (Å²) < 4.78 is 1.48. The second kappa shape index (κ2) is 4.22. The van der Waals surface area contributed by atoms with Gasteiger partial charge in [0.05, 0.1) is 0 Å². The van der Waals surface area contributed by atoms with Crippen molar-refractivity contribution in [2.24, 2.45) is 7.05 Å². The molecule has 0 bridgehead atoms. The van der Waals surface area contributed by atoms with Crippen LogP contribution < -0.4 is 0 Å². The number of imidazole rings is 1. The molecular weight excluding hydrogens is 240 g/mol. The van der Waals surface area contributed by atoms with Crippen molar-refractivity contribution in [2.75, 3.05) is 0 Å². The molecule has 0 amide bonds. The summed E-state index contributed by atoms with van der Waals surface area (Å²) in [6, 6.07) is 7.66. The van der Waals surface area contributed by atoms with Gasteiger partial charge in [-0.15, -0.1) is 0 Å². The number of carboxylic acid groups (broad SMARTS) is 1. The predicted octanol–water partition coefficient (Wildman–Crippen LogP) is 2.75. The van der Waals surface area contributed by atoms with E-state index in [1.54, 1.807) is 7.05 Å². The fraction of sp³-hybridized carbons (Fsp3) is 0.167. The molecule has 0 aliphatic heterocycles. The lowest BCUT2D eigenvalue weighted by Gasteiger charge is -2.03. The minimum atomic E-state index is -1.08. The van der Waals surface area contributed by atoms with Gasteiger partial charge in [0.15, 0.2) is 10.8 Å². The molecule has 0 unspecified atom stereocenters. The first-order valence-corrected chi connectivity index (χ1v) is 5.41. The molecule has 0 saturated heterocycles. The van der Waals surface area contributed by atoms with Crippen LogP contribution in [0.1, 0.15) is 16.1 Å². The Morgan fingerprint density at radius 1 is 1.35 bits per heavy atom. The molecule has 0 spiro atoms. The van der Waals surface area contributed by atoms with Crippen LogP contribution in [0.5, 0.6) is 0 Å². The van der Waals surface area contributed by atoms with E-state index in [1.165, 1.54) is 4.57 Å². The lowest BCUT2D eigenvalue weighted by molar-refractivity contribution is 0.0687. The van der Waals surface area contributed by atoms with Gasteiger partial charge < -0.3 is 9.67 Å². The highest BCUT2D eigenvalue weighted by Crippen LogP contribution is 2.24. The van der Waals surface area contributed by atoms with Gasteiger partial charge in [-0.25, -0.2) is 9.78 Å². The second-order valence-corrected chi connectivity index (χ2v) is 4.16. The number of aryl methyl sites for hydroxylation is 1. The summed E-state index contributed by atoms with van der Waals surface area (Å²) in [7, 11) is 1.64. The number of nitrogens with zero attached hydrogens (tertiary/aromatic N) is 2. The molecule has 0 saturated carbocycles. The van der Waals surface area contributed by atoms with E-state index in [4.69, 9.17) is 16.7 Å². The monoisotopic (exact) mass is 250 g/mol. The largest absolute Gasteiger partial charge is 0.476 e. The van der Waals surface area contributed by atoms with Crippen LogP contribution >= 0.6 is 11.6 Å². The van der Waals surface area contributed by atoms with Crippen LogP contribution in [0, 0.1) is 6.92 Å². The molecule has 1 heterocycles. The Labute approximate surface area is 103 Å². The van der Waals surface area contributed by atoms with Crippen LogP contribution in [0.2, 0.25) is 5.15 Å². The van der Waals surface area contributed by atoms with E-state index < -0.39 is 5.97 Å². The highest BCUT2D eigenvalue weighted by atomic mass is 35.5. The maximum atomic E-state index is 11.0. The Balaban J connectivity index is 2.57. The van der Waals surface area contributed by atoms with E-state index in [9.17, 15) is 4.79 Å². The quantitative estimate of drug-likeness (QED) is 0.892. The lowest BCUT2D eigenvalue weighted by Crippen LogP contribution is -2.05. The lowest BCUT2D eigenvalue weighted by atomic mass is 10.1. The Morgan fingerprint density at radius 2 is 1.94 bits per heavy atom. The van der Waals surface area contributed by atoms with E-state index >= 15 is 0 Å². The Morgan fingerprint density at radius 3 is 2.41 bits per heavy atom. The number of carbonyl (C=O) groups is 1. The van der Waals surface area contributed by atoms with Gasteiger partial charge in [0.25, 0.3) is 0 Å². The molecule has 5 heteroatoms. The van der Waals surface area contributed by atoms with Gasteiger partial charge in [-0.1, -0.05) is 41.4 Å². The average Bonchev–Trinajstić information content (AvgIpc) is 2.55. The molecule has 0 fully saturated rings. The molecule has 17 heavy (non-hydrogen) atoms. The molecule has 2 rings (SSSR count). The van der Waals surface area contributed by atoms with E-state index in [1.807, 2.05) is 31.2 Å². The average molecular weight is 251 g/mol. The topological polar surface area (TPSA) is 55.1 Å². The first-order valence-electron chi connectivity index (χ1n) is 5.03. The Hall–Kier alpha value is -1.81. The van der Waals surface area contributed by atoms with E-state index in [0.29, 0.717) is 5.82 Å². The third-order valence-corrected chi connectivity index (χ3v) is 2.83. The zero-order chi connectivity index (χ0) is 12.6. The fourth-order valence-electron chi connectivity index (χ4n) is 1.66. The Bertz CT molecular complexity index is 573. The number of aromatic nitrogens is 2. The second-order valence-electron chi connectivity index (χ2n) is 3.81. The van der Waals surface area contributed by atoms with E-state index in [2.05, 4.69) is 4.98 Å². The van der Waals surface area contributed by atoms with Crippen molar-refractivity contribution in [3.63, 3.8) is 0 Å². The minimum Gasteiger partial charge on any atom is -0.476 e. The van der Waals surface area contributed by atoms with Crippen LogP contribution in [-0.2, 0) is 7.05 Å². The summed E-state index contributed by atoms with van der Waals surface area (Å²) in [5.74, 6) is -0.532. The normalized spacial score (nSPS) is 10.5. The van der Waals surface area contributed by atoms with Gasteiger partial charge in [-0.3, -0.25) is 0 Å². The minimum absolute atomic E-state index is 0.00208. The fourth-order valence-corrected chi connectivity index (χ4v) is 1.95.